The molecule has 0 saturated heterocycles. The minimum Gasteiger partial charge on any atom is -0.486 e. The Morgan fingerprint density at radius 3 is 2.39 bits per heavy atom. The fraction of sp³-hybridized carbons (Fsp3) is 0.462. The molecule has 9 nitrogen and oxygen atoms in total. The van der Waals surface area contributed by atoms with Gasteiger partial charge in [-0.3, -0.25) is 13.9 Å². The summed E-state index contributed by atoms with van der Waals surface area (Å²) in [5.41, 5.74) is 1.07. The molecule has 1 aliphatic rings. The zero-order valence-electron chi connectivity index (χ0n) is 21.7. The summed E-state index contributed by atoms with van der Waals surface area (Å²) < 4.78 is 37.6. The number of nitrogens with one attached hydrogen (secondary N) is 1. The molecule has 2 aromatic rings. The summed E-state index contributed by atoms with van der Waals surface area (Å²) in [6.45, 7) is 5.05. The van der Waals surface area contributed by atoms with Crippen LogP contribution in [0.3, 0.4) is 0 Å². The number of carbonyl (C=O) groups excluding carboxylic acids is 2. The molecule has 1 heterocycles. The lowest BCUT2D eigenvalue weighted by Gasteiger charge is -2.31. The Morgan fingerprint density at radius 2 is 1.76 bits per heavy atom. The van der Waals surface area contributed by atoms with Crippen molar-refractivity contribution >= 4 is 50.7 Å². The van der Waals surface area contributed by atoms with Gasteiger partial charge in [0.1, 0.15) is 19.3 Å². The Balaban J connectivity index is 1.78. The fourth-order valence-corrected chi connectivity index (χ4v) is 5.66. The van der Waals surface area contributed by atoms with Gasteiger partial charge in [0.25, 0.3) is 0 Å². The van der Waals surface area contributed by atoms with Crippen LogP contribution in [0.4, 0.5) is 5.69 Å². The highest BCUT2D eigenvalue weighted by molar-refractivity contribution is 7.92. The van der Waals surface area contributed by atoms with E-state index < -0.39 is 16.1 Å². The molecule has 1 N–H and O–H groups in total. The molecular formula is C26H33Cl2N3O6S. The Labute approximate surface area is 234 Å². The van der Waals surface area contributed by atoms with Gasteiger partial charge in [0, 0.05) is 42.2 Å². The second-order valence-corrected chi connectivity index (χ2v) is 11.6. The minimum atomic E-state index is -3.64. The molecule has 1 atom stereocenters. The molecule has 38 heavy (non-hydrogen) atoms. The topological polar surface area (TPSA) is 105 Å². The van der Waals surface area contributed by atoms with Crippen LogP contribution in [0.15, 0.2) is 36.4 Å². The summed E-state index contributed by atoms with van der Waals surface area (Å²) in [6, 6.07) is 9.22. The van der Waals surface area contributed by atoms with E-state index in [1.54, 1.807) is 36.4 Å². The van der Waals surface area contributed by atoms with E-state index in [9.17, 15) is 18.0 Å². The van der Waals surface area contributed by atoms with Gasteiger partial charge in [0.05, 0.1) is 11.9 Å². The number of fused-ring (bicyclic) bond motifs is 1. The van der Waals surface area contributed by atoms with Crippen LogP contribution in [-0.4, -0.2) is 63.7 Å². The third kappa shape index (κ3) is 7.68. The molecule has 3 rings (SSSR count). The van der Waals surface area contributed by atoms with Crippen LogP contribution in [0, 0.1) is 0 Å². The lowest BCUT2D eigenvalue weighted by Crippen LogP contribution is -2.49. The van der Waals surface area contributed by atoms with Crippen LogP contribution in [0.2, 0.25) is 10.0 Å². The van der Waals surface area contributed by atoms with Gasteiger partial charge in [-0.2, -0.15) is 0 Å². The van der Waals surface area contributed by atoms with Gasteiger partial charge in [-0.05, 0) is 49.6 Å². The number of nitrogens with zero attached hydrogens (tertiary/aromatic N) is 2. The molecular weight excluding hydrogens is 553 g/mol. The number of ether oxygens (including phenoxy) is 2. The number of hydrogen-bond acceptors (Lipinski definition) is 6. The van der Waals surface area contributed by atoms with E-state index in [0.717, 1.165) is 6.26 Å². The third-order valence-corrected chi connectivity index (χ3v) is 7.84. The molecule has 0 aromatic heterocycles. The summed E-state index contributed by atoms with van der Waals surface area (Å²) in [5.74, 6) is 0.473. The van der Waals surface area contributed by atoms with Gasteiger partial charge < -0.3 is 19.7 Å². The molecule has 0 unspecified atom stereocenters. The first-order valence-corrected chi connectivity index (χ1v) is 15.0. The summed E-state index contributed by atoms with van der Waals surface area (Å²) >= 11 is 12.4. The average molecular weight is 587 g/mol. The standard InChI is InChI=1S/C26H33Cl2N3O6S/c1-4-22(26(33)29-5-2)30(17-18-8-9-19(27)15-21(18)28)25(32)7-6-12-31(38(3,34)35)20-10-11-23-24(16-20)37-14-13-36-23/h8-11,15-16,22H,4-7,12-14,17H2,1-3H3,(H,29,33)/t22-/m0/s1. The van der Waals surface area contributed by atoms with Gasteiger partial charge in [-0.1, -0.05) is 36.2 Å². The van der Waals surface area contributed by atoms with Crippen LogP contribution >= 0.6 is 23.2 Å². The molecule has 0 spiro atoms. The Kier molecular flexibility index (Phi) is 10.5. The van der Waals surface area contributed by atoms with Crippen molar-refractivity contribution in [2.75, 3.05) is 36.9 Å². The van der Waals surface area contributed by atoms with Gasteiger partial charge in [0.15, 0.2) is 11.5 Å². The van der Waals surface area contributed by atoms with Crippen molar-refractivity contribution in [3.05, 3.63) is 52.0 Å². The number of likely N-dealkylation sites (N-methyl/N-ethyl adjacent to an activating group) is 1. The van der Waals surface area contributed by atoms with Crippen molar-refractivity contribution in [1.82, 2.24) is 10.2 Å². The van der Waals surface area contributed by atoms with Crippen LogP contribution in [0.5, 0.6) is 11.5 Å². The van der Waals surface area contributed by atoms with E-state index in [1.165, 1.54) is 9.21 Å². The number of benzene rings is 2. The van der Waals surface area contributed by atoms with Crippen LogP contribution in [0.25, 0.3) is 0 Å². The van der Waals surface area contributed by atoms with E-state index in [4.69, 9.17) is 32.7 Å². The van der Waals surface area contributed by atoms with Crippen molar-refractivity contribution < 1.29 is 27.5 Å². The largest absolute Gasteiger partial charge is 0.486 e. The van der Waals surface area contributed by atoms with Gasteiger partial charge in [-0.25, -0.2) is 8.42 Å². The molecule has 0 radical (unpaired) electrons. The predicted octanol–water partition coefficient (Wildman–Crippen LogP) is 4.25. The summed E-state index contributed by atoms with van der Waals surface area (Å²) in [5, 5.41) is 3.64. The van der Waals surface area contributed by atoms with Crippen LogP contribution in [-0.2, 0) is 26.2 Å². The maximum Gasteiger partial charge on any atom is 0.242 e. The number of carbonyl (C=O) groups is 2. The molecule has 2 amide bonds. The minimum absolute atomic E-state index is 0.0255. The first-order valence-electron chi connectivity index (χ1n) is 12.4. The molecule has 1 aliphatic heterocycles. The predicted molar refractivity (Wildman–Crippen MR) is 149 cm³/mol. The van der Waals surface area contributed by atoms with Gasteiger partial charge in [0.2, 0.25) is 21.8 Å². The third-order valence-electron chi connectivity index (χ3n) is 6.06. The molecule has 0 fully saturated rings. The van der Waals surface area contributed by atoms with E-state index in [0.29, 0.717) is 59.0 Å². The number of hydrogen-bond donors (Lipinski definition) is 1. The maximum atomic E-state index is 13.5. The number of anilines is 1. The van der Waals surface area contributed by atoms with Crippen molar-refractivity contribution in [3.8, 4) is 11.5 Å². The average Bonchev–Trinajstić information content (AvgIpc) is 2.86. The normalized spacial score (nSPS) is 13.5. The number of amides is 2. The summed E-state index contributed by atoms with van der Waals surface area (Å²) in [7, 11) is -3.64. The Hall–Kier alpha value is -2.69. The van der Waals surface area contributed by atoms with Crippen molar-refractivity contribution in [2.24, 2.45) is 0 Å². The highest BCUT2D eigenvalue weighted by Crippen LogP contribution is 2.35. The monoisotopic (exact) mass is 585 g/mol. The van der Waals surface area contributed by atoms with E-state index in [-0.39, 0.29) is 37.7 Å². The molecule has 0 saturated carbocycles. The molecule has 208 valence electrons. The smallest absolute Gasteiger partial charge is 0.242 e. The van der Waals surface area contributed by atoms with Gasteiger partial charge in [-0.15, -0.1) is 0 Å². The van der Waals surface area contributed by atoms with Crippen molar-refractivity contribution in [1.29, 1.82) is 0 Å². The zero-order valence-corrected chi connectivity index (χ0v) is 24.0. The first-order chi connectivity index (χ1) is 18.0. The lowest BCUT2D eigenvalue weighted by atomic mass is 10.1. The SMILES string of the molecule is CCNC(=O)[C@H](CC)N(Cc1ccc(Cl)cc1Cl)C(=O)CCCN(c1ccc2c(c1)OCCO2)S(C)(=O)=O. The lowest BCUT2D eigenvalue weighted by molar-refractivity contribution is -0.141. The zero-order chi connectivity index (χ0) is 27.9. The van der Waals surface area contributed by atoms with E-state index >= 15 is 0 Å². The Morgan fingerprint density at radius 1 is 1.05 bits per heavy atom. The number of rotatable bonds is 12. The highest BCUT2D eigenvalue weighted by Gasteiger charge is 2.29. The molecule has 0 aliphatic carbocycles. The summed E-state index contributed by atoms with van der Waals surface area (Å²) in [6.07, 6.45) is 1.77. The molecule has 0 bridgehead atoms. The first kappa shape index (κ1) is 29.9. The molecule has 12 heteroatoms. The Bertz CT molecular complexity index is 1260. The van der Waals surface area contributed by atoms with Crippen LogP contribution in [0.1, 0.15) is 38.7 Å². The highest BCUT2D eigenvalue weighted by atomic mass is 35.5. The maximum absolute atomic E-state index is 13.5. The second kappa shape index (κ2) is 13.4. The number of sulfonamides is 1. The van der Waals surface area contributed by atoms with Crippen molar-refractivity contribution in [2.45, 2.75) is 45.7 Å². The quantitative estimate of drug-likeness (QED) is 0.399. The summed E-state index contributed by atoms with van der Waals surface area (Å²) in [4.78, 5) is 27.8. The van der Waals surface area contributed by atoms with Crippen LogP contribution < -0.4 is 19.1 Å². The van der Waals surface area contributed by atoms with E-state index in [1.807, 2.05) is 13.8 Å². The molecule has 2 aromatic carbocycles. The van der Waals surface area contributed by atoms with Crippen molar-refractivity contribution in [3.63, 3.8) is 0 Å². The second-order valence-electron chi connectivity index (χ2n) is 8.84. The fourth-order valence-electron chi connectivity index (χ4n) is 4.24. The van der Waals surface area contributed by atoms with Gasteiger partial charge >= 0.3 is 0 Å². The number of halogens is 2. The van der Waals surface area contributed by atoms with E-state index in [2.05, 4.69) is 5.32 Å².